The fraction of sp³-hybridized carbons (Fsp3) is 0.143. The number of fused-ring (bicyclic) bond motifs is 1. The molecule has 0 unspecified atom stereocenters. The van der Waals surface area contributed by atoms with E-state index in [9.17, 15) is 8.78 Å². The van der Waals surface area contributed by atoms with Gasteiger partial charge in [-0.3, -0.25) is 0 Å². The van der Waals surface area contributed by atoms with Crippen LogP contribution in [0.5, 0.6) is 11.5 Å². The summed E-state index contributed by atoms with van der Waals surface area (Å²) in [6.45, 7) is 1.89. The summed E-state index contributed by atoms with van der Waals surface area (Å²) < 4.78 is 34.6. The summed E-state index contributed by atoms with van der Waals surface area (Å²) in [6, 6.07) is 10.0. The largest absolute Gasteiger partial charge is 0.586 e. The maximum absolute atomic E-state index is 12.9. The zero-order valence-corrected chi connectivity index (χ0v) is 10.6. The van der Waals surface area contributed by atoms with Crippen LogP contribution in [0.2, 0.25) is 0 Å². The number of hydrogen-bond acceptors (Lipinski definition) is 4. The van der Waals surface area contributed by atoms with Gasteiger partial charge in [-0.15, -0.1) is 8.78 Å². The fourth-order valence-electron chi connectivity index (χ4n) is 1.97. The predicted molar refractivity (Wildman–Crippen MR) is 71.5 cm³/mol. The van der Waals surface area contributed by atoms with Gasteiger partial charge in [-0.25, -0.2) is 0 Å². The van der Waals surface area contributed by atoms with Gasteiger partial charge in [0.1, 0.15) is 0 Å². The monoisotopic (exact) mass is 278 g/mol. The quantitative estimate of drug-likeness (QED) is 0.823. The summed E-state index contributed by atoms with van der Waals surface area (Å²) in [5.74, 6) is 0.00369. The van der Waals surface area contributed by atoms with Crippen molar-refractivity contribution in [1.29, 1.82) is 0 Å². The third-order valence-electron chi connectivity index (χ3n) is 3.00. The van der Waals surface area contributed by atoms with E-state index in [4.69, 9.17) is 5.73 Å². The highest BCUT2D eigenvalue weighted by Crippen LogP contribution is 2.42. The molecule has 104 valence electrons. The minimum atomic E-state index is -3.61. The van der Waals surface area contributed by atoms with E-state index in [1.54, 1.807) is 6.07 Å². The van der Waals surface area contributed by atoms with Gasteiger partial charge in [-0.1, -0.05) is 12.1 Å². The molecule has 1 aliphatic heterocycles. The average Bonchev–Trinajstić information content (AvgIpc) is 2.68. The third kappa shape index (κ3) is 2.20. The van der Waals surface area contributed by atoms with Gasteiger partial charge in [-0.2, -0.15) is 0 Å². The standard InChI is InChI=1S/C14H12F2N2O2/c1-8-3-2-4-10(13(8)17)18-9-5-6-11-12(7-9)20-14(15,16)19-11/h2-7,18H,17H2,1H3. The van der Waals surface area contributed by atoms with E-state index in [2.05, 4.69) is 14.8 Å². The van der Waals surface area contributed by atoms with Crippen LogP contribution in [0.25, 0.3) is 0 Å². The van der Waals surface area contributed by atoms with Crippen LogP contribution >= 0.6 is 0 Å². The van der Waals surface area contributed by atoms with Crippen molar-refractivity contribution in [2.45, 2.75) is 13.2 Å². The molecule has 0 saturated heterocycles. The molecule has 3 N–H and O–H groups in total. The number of aryl methyl sites for hydroxylation is 1. The predicted octanol–water partition coefficient (Wildman–Crippen LogP) is 3.64. The maximum atomic E-state index is 12.9. The van der Waals surface area contributed by atoms with E-state index in [0.29, 0.717) is 17.1 Å². The molecule has 0 bridgehead atoms. The lowest BCUT2D eigenvalue weighted by atomic mass is 10.1. The molecule has 0 aromatic heterocycles. The van der Waals surface area contributed by atoms with Gasteiger partial charge in [-0.05, 0) is 30.7 Å². The first kappa shape index (κ1) is 12.5. The molecule has 0 saturated carbocycles. The highest BCUT2D eigenvalue weighted by molar-refractivity contribution is 5.75. The summed E-state index contributed by atoms with van der Waals surface area (Å²) in [7, 11) is 0. The summed E-state index contributed by atoms with van der Waals surface area (Å²) in [4.78, 5) is 0. The molecule has 2 aromatic carbocycles. The topological polar surface area (TPSA) is 56.5 Å². The van der Waals surface area contributed by atoms with Gasteiger partial charge in [0.2, 0.25) is 0 Å². The third-order valence-corrected chi connectivity index (χ3v) is 3.00. The second kappa shape index (κ2) is 4.26. The first-order valence-corrected chi connectivity index (χ1v) is 5.97. The van der Waals surface area contributed by atoms with Gasteiger partial charge in [0.05, 0.1) is 11.4 Å². The number of nitrogen functional groups attached to an aromatic ring is 1. The van der Waals surface area contributed by atoms with Crippen LogP contribution in [0.1, 0.15) is 5.56 Å². The van der Waals surface area contributed by atoms with Crippen molar-refractivity contribution >= 4 is 17.1 Å². The highest BCUT2D eigenvalue weighted by Gasteiger charge is 2.43. The Labute approximate surface area is 114 Å². The Morgan fingerprint density at radius 2 is 1.85 bits per heavy atom. The molecule has 0 spiro atoms. The number of alkyl halides is 2. The van der Waals surface area contributed by atoms with E-state index in [0.717, 1.165) is 5.56 Å². The van der Waals surface area contributed by atoms with E-state index in [1.165, 1.54) is 12.1 Å². The highest BCUT2D eigenvalue weighted by atomic mass is 19.3. The second-order valence-corrected chi connectivity index (χ2v) is 4.49. The molecule has 0 fully saturated rings. The number of ether oxygens (including phenoxy) is 2. The molecule has 0 amide bonds. The van der Waals surface area contributed by atoms with Crippen LogP contribution in [-0.4, -0.2) is 6.29 Å². The van der Waals surface area contributed by atoms with Gasteiger partial charge in [0, 0.05) is 11.8 Å². The van der Waals surface area contributed by atoms with Crippen molar-refractivity contribution in [3.8, 4) is 11.5 Å². The molecular weight excluding hydrogens is 266 g/mol. The summed E-state index contributed by atoms with van der Waals surface area (Å²) >= 11 is 0. The molecule has 3 rings (SSSR count). The molecule has 0 atom stereocenters. The molecule has 2 aromatic rings. The van der Waals surface area contributed by atoms with Crippen LogP contribution in [0.4, 0.5) is 25.8 Å². The fourth-order valence-corrected chi connectivity index (χ4v) is 1.97. The Kier molecular flexibility index (Phi) is 2.67. The second-order valence-electron chi connectivity index (χ2n) is 4.49. The van der Waals surface area contributed by atoms with Crippen molar-refractivity contribution in [3.63, 3.8) is 0 Å². The van der Waals surface area contributed by atoms with Crippen LogP contribution in [0.3, 0.4) is 0 Å². The number of rotatable bonds is 2. The van der Waals surface area contributed by atoms with Crippen molar-refractivity contribution in [2.24, 2.45) is 0 Å². The zero-order chi connectivity index (χ0) is 14.3. The van der Waals surface area contributed by atoms with Gasteiger partial charge in [0.15, 0.2) is 11.5 Å². The molecule has 1 heterocycles. The number of halogens is 2. The van der Waals surface area contributed by atoms with Gasteiger partial charge < -0.3 is 20.5 Å². The number of anilines is 3. The van der Waals surface area contributed by atoms with Crippen LogP contribution in [0, 0.1) is 6.92 Å². The molecule has 1 aliphatic rings. The van der Waals surface area contributed by atoms with Gasteiger partial charge >= 0.3 is 6.29 Å². The SMILES string of the molecule is Cc1cccc(Nc2ccc3c(c2)OC(F)(F)O3)c1N. The average molecular weight is 278 g/mol. The van der Waals surface area contributed by atoms with Crippen LogP contribution in [0.15, 0.2) is 36.4 Å². The van der Waals surface area contributed by atoms with Crippen molar-refractivity contribution in [2.75, 3.05) is 11.1 Å². The molecule has 6 heteroatoms. The Balaban J connectivity index is 1.89. The van der Waals surface area contributed by atoms with Crippen molar-refractivity contribution < 1.29 is 18.3 Å². The first-order valence-electron chi connectivity index (χ1n) is 5.97. The number of nitrogens with two attached hydrogens (primary N) is 1. The number of hydrogen-bond donors (Lipinski definition) is 2. The van der Waals surface area contributed by atoms with Crippen LogP contribution < -0.4 is 20.5 Å². The zero-order valence-electron chi connectivity index (χ0n) is 10.6. The van der Waals surface area contributed by atoms with Crippen LogP contribution in [-0.2, 0) is 0 Å². The molecular formula is C14H12F2N2O2. The minimum absolute atomic E-state index is 0.00813. The lowest BCUT2D eigenvalue weighted by Gasteiger charge is -2.11. The summed E-state index contributed by atoms with van der Waals surface area (Å²) in [6.07, 6.45) is -3.61. The van der Waals surface area contributed by atoms with E-state index in [1.807, 2.05) is 25.1 Å². The van der Waals surface area contributed by atoms with E-state index in [-0.39, 0.29) is 11.5 Å². The number of nitrogens with one attached hydrogen (secondary N) is 1. The smallest absolute Gasteiger partial charge is 0.397 e. The summed E-state index contributed by atoms with van der Waals surface area (Å²) in [5.41, 5.74) is 8.78. The van der Waals surface area contributed by atoms with E-state index >= 15 is 0 Å². The Morgan fingerprint density at radius 1 is 1.10 bits per heavy atom. The molecule has 20 heavy (non-hydrogen) atoms. The Bertz CT molecular complexity index is 674. The molecule has 0 radical (unpaired) electrons. The minimum Gasteiger partial charge on any atom is -0.397 e. The number of benzene rings is 2. The van der Waals surface area contributed by atoms with Crippen molar-refractivity contribution in [1.82, 2.24) is 0 Å². The lowest BCUT2D eigenvalue weighted by Crippen LogP contribution is -2.25. The maximum Gasteiger partial charge on any atom is 0.586 e. The van der Waals surface area contributed by atoms with Crippen molar-refractivity contribution in [3.05, 3.63) is 42.0 Å². The molecule has 4 nitrogen and oxygen atoms in total. The van der Waals surface area contributed by atoms with Gasteiger partial charge in [0.25, 0.3) is 0 Å². The normalized spacial score (nSPS) is 15.2. The number of para-hydroxylation sites is 1. The lowest BCUT2D eigenvalue weighted by molar-refractivity contribution is -0.286. The Morgan fingerprint density at radius 3 is 2.65 bits per heavy atom. The van der Waals surface area contributed by atoms with E-state index < -0.39 is 6.29 Å². The summed E-state index contributed by atoms with van der Waals surface area (Å²) in [5, 5.41) is 3.06. The molecule has 0 aliphatic carbocycles. The Hall–Kier alpha value is -2.50. The first-order chi connectivity index (χ1) is 9.44.